The number of rotatable bonds is 5. The molecule has 1 atom stereocenters. The molecule has 0 aromatic rings. The molecule has 0 aromatic heterocycles. The van der Waals surface area contributed by atoms with Crippen molar-refractivity contribution in [3.05, 3.63) is 24.8 Å². The first-order valence-corrected chi connectivity index (χ1v) is 5.51. The maximum atomic E-state index is 3.67. The summed E-state index contributed by atoms with van der Waals surface area (Å²) in [7, 11) is 0. The second kappa shape index (κ2) is 11.5. The van der Waals surface area contributed by atoms with Crippen molar-refractivity contribution < 1.29 is 0 Å². The van der Waals surface area contributed by atoms with Crippen LogP contribution in [0.2, 0.25) is 0 Å². The van der Waals surface area contributed by atoms with Gasteiger partial charge < -0.3 is 0 Å². The lowest BCUT2D eigenvalue weighted by atomic mass is 9.91. The summed E-state index contributed by atoms with van der Waals surface area (Å²) >= 11 is 0. The largest absolute Gasteiger partial charge is 0.0991 e. The van der Waals surface area contributed by atoms with E-state index >= 15 is 0 Å². The topological polar surface area (TPSA) is 0 Å². The first-order valence-electron chi connectivity index (χ1n) is 5.51. The molecular formula is C13H26. The van der Waals surface area contributed by atoms with E-state index in [0.29, 0.717) is 0 Å². The van der Waals surface area contributed by atoms with E-state index in [1.54, 1.807) is 0 Å². The summed E-state index contributed by atoms with van der Waals surface area (Å²) in [6, 6.07) is 0. The minimum atomic E-state index is 0.734. The van der Waals surface area contributed by atoms with Crippen molar-refractivity contribution in [3.8, 4) is 0 Å². The Hall–Kier alpha value is -0.520. The Bertz CT molecular complexity index is 120. The van der Waals surface area contributed by atoms with Crippen molar-refractivity contribution in [2.75, 3.05) is 0 Å². The summed E-state index contributed by atoms with van der Waals surface area (Å²) in [5, 5.41) is 0. The SMILES string of the molecule is C=C/C=C\C(CCC)C(C)C.CC. The van der Waals surface area contributed by atoms with Gasteiger partial charge in [-0.15, -0.1) is 0 Å². The minimum Gasteiger partial charge on any atom is -0.0991 e. The van der Waals surface area contributed by atoms with Crippen LogP contribution in [0.25, 0.3) is 0 Å². The van der Waals surface area contributed by atoms with Gasteiger partial charge in [0.25, 0.3) is 0 Å². The van der Waals surface area contributed by atoms with E-state index in [0.717, 1.165) is 11.8 Å². The summed E-state index contributed by atoms with van der Waals surface area (Å²) in [5.74, 6) is 1.49. The van der Waals surface area contributed by atoms with Gasteiger partial charge in [0.1, 0.15) is 0 Å². The second-order valence-corrected chi connectivity index (χ2v) is 3.32. The van der Waals surface area contributed by atoms with Gasteiger partial charge in [-0.05, 0) is 18.3 Å². The summed E-state index contributed by atoms with van der Waals surface area (Å²) < 4.78 is 0. The lowest BCUT2D eigenvalue weighted by molar-refractivity contribution is 0.432. The Morgan fingerprint density at radius 2 is 1.77 bits per heavy atom. The molecule has 0 aliphatic rings. The van der Waals surface area contributed by atoms with Crippen LogP contribution in [0.3, 0.4) is 0 Å². The van der Waals surface area contributed by atoms with Gasteiger partial charge in [-0.1, -0.05) is 65.8 Å². The third kappa shape index (κ3) is 9.39. The molecule has 0 radical (unpaired) electrons. The van der Waals surface area contributed by atoms with Gasteiger partial charge >= 0.3 is 0 Å². The second-order valence-electron chi connectivity index (χ2n) is 3.32. The molecule has 0 spiro atoms. The predicted molar refractivity (Wildman–Crippen MR) is 63.9 cm³/mol. The fourth-order valence-corrected chi connectivity index (χ4v) is 1.21. The monoisotopic (exact) mass is 182 g/mol. The van der Waals surface area contributed by atoms with Gasteiger partial charge in [-0.25, -0.2) is 0 Å². The van der Waals surface area contributed by atoms with E-state index in [1.165, 1.54) is 12.8 Å². The molecule has 0 bridgehead atoms. The molecule has 0 aliphatic carbocycles. The smallest absolute Gasteiger partial charge is 0.0207 e. The van der Waals surface area contributed by atoms with Gasteiger partial charge in [0.2, 0.25) is 0 Å². The predicted octanol–water partition coefficient (Wildman–Crippen LogP) is 4.83. The Morgan fingerprint density at radius 3 is 2.08 bits per heavy atom. The van der Waals surface area contributed by atoms with Crippen molar-refractivity contribution in [3.63, 3.8) is 0 Å². The zero-order chi connectivity index (χ0) is 10.7. The van der Waals surface area contributed by atoms with E-state index in [1.807, 2.05) is 19.9 Å². The van der Waals surface area contributed by atoms with E-state index < -0.39 is 0 Å². The zero-order valence-corrected chi connectivity index (χ0v) is 10.0. The lowest BCUT2D eigenvalue weighted by Crippen LogP contribution is -2.04. The first-order chi connectivity index (χ1) is 6.22. The maximum absolute atomic E-state index is 3.67. The Morgan fingerprint density at radius 1 is 1.23 bits per heavy atom. The molecule has 0 saturated heterocycles. The zero-order valence-electron chi connectivity index (χ0n) is 10.0. The summed E-state index contributed by atoms with van der Waals surface area (Å²) in [4.78, 5) is 0. The molecule has 1 unspecified atom stereocenters. The first kappa shape index (κ1) is 15.0. The van der Waals surface area contributed by atoms with Crippen LogP contribution in [0.15, 0.2) is 24.8 Å². The fourth-order valence-electron chi connectivity index (χ4n) is 1.21. The molecular weight excluding hydrogens is 156 g/mol. The van der Waals surface area contributed by atoms with Gasteiger partial charge in [0, 0.05) is 0 Å². The summed E-state index contributed by atoms with van der Waals surface area (Å²) in [6.07, 6.45) is 8.73. The molecule has 78 valence electrons. The quantitative estimate of drug-likeness (QED) is 0.534. The van der Waals surface area contributed by atoms with Crippen molar-refractivity contribution in [2.45, 2.75) is 47.5 Å². The Kier molecular flexibility index (Phi) is 13.2. The third-order valence-corrected chi connectivity index (χ3v) is 1.97. The highest BCUT2D eigenvalue weighted by atomic mass is 14.1. The van der Waals surface area contributed by atoms with Crippen molar-refractivity contribution >= 4 is 0 Å². The van der Waals surface area contributed by atoms with Gasteiger partial charge in [0.15, 0.2) is 0 Å². The minimum absolute atomic E-state index is 0.734. The molecule has 0 rings (SSSR count). The van der Waals surface area contributed by atoms with E-state index in [2.05, 4.69) is 39.5 Å². The van der Waals surface area contributed by atoms with Crippen molar-refractivity contribution in [2.24, 2.45) is 11.8 Å². The third-order valence-electron chi connectivity index (χ3n) is 1.97. The summed E-state index contributed by atoms with van der Waals surface area (Å²) in [5.41, 5.74) is 0. The molecule has 0 fully saturated rings. The van der Waals surface area contributed by atoms with Crippen LogP contribution in [-0.2, 0) is 0 Å². The average Bonchev–Trinajstić information content (AvgIpc) is 2.15. The average molecular weight is 182 g/mol. The molecule has 0 heterocycles. The highest BCUT2D eigenvalue weighted by Gasteiger charge is 2.06. The highest BCUT2D eigenvalue weighted by molar-refractivity contribution is 5.00. The normalized spacial score (nSPS) is 12.5. The molecule has 0 heteroatoms. The molecule has 0 aromatic carbocycles. The van der Waals surface area contributed by atoms with Crippen LogP contribution in [0.4, 0.5) is 0 Å². The van der Waals surface area contributed by atoms with Crippen LogP contribution in [0, 0.1) is 11.8 Å². The van der Waals surface area contributed by atoms with Crippen molar-refractivity contribution in [1.82, 2.24) is 0 Å². The lowest BCUT2D eigenvalue weighted by Gasteiger charge is -2.14. The molecule has 0 saturated carbocycles. The van der Waals surface area contributed by atoms with Gasteiger partial charge in [0.05, 0.1) is 0 Å². The fraction of sp³-hybridized carbons (Fsp3) is 0.692. The Balaban J connectivity index is 0. The highest BCUT2D eigenvalue weighted by Crippen LogP contribution is 2.18. The van der Waals surface area contributed by atoms with Crippen LogP contribution in [-0.4, -0.2) is 0 Å². The number of hydrogen-bond acceptors (Lipinski definition) is 0. The molecule has 0 amide bonds. The number of hydrogen-bond donors (Lipinski definition) is 0. The van der Waals surface area contributed by atoms with Crippen LogP contribution in [0.1, 0.15) is 47.5 Å². The molecule has 0 N–H and O–H groups in total. The van der Waals surface area contributed by atoms with Crippen molar-refractivity contribution in [1.29, 1.82) is 0 Å². The molecule has 0 nitrogen and oxygen atoms in total. The van der Waals surface area contributed by atoms with Gasteiger partial charge in [-0.3, -0.25) is 0 Å². The van der Waals surface area contributed by atoms with Crippen LogP contribution < -0.4 is 0 Å². The standard InChI is InChI=1S/C11H20.C2H6/c1-5-7-9-11(8-6-2)10(3)4;1-2/h5,7,9-11H,1,6,8H2,2-4H3;1-2H3/b9-7-;. The molecule has 13 heavy (non-hydrogen) atoms. The molecule has 0 aliphatic heterocycles. The number of allylic oxidation sites excluding steroid dienone is 3. The van der Waals surface area contributed by atoms with E-state index in [4.69, 9.17) is 0 Å². The maximum Gasteiger partial charge on any atom is -0.0207 e. The van der Waals surface area contributed by atoms with E-state index in [9.17, 15) is 0 Å². The Labute approximate surface area is 84.7 Å². The van der Waals surface area contributed by atoms with Gasteiger partial charge in [-0.2, -0.15) is 0 Å². The summed E-state index contributed by atoms with van der Waals surface area (Å²) in [6.45, 7) is 14.4. The van der Waals surface area contributed by atoms with Crippen LogP contribution in [0.5, 0.6) is 0 Å². The van der Waals surface area contributed by atoms with Crippen LogP contribution >= 0.6 is 0 Å². The van der Waals surface area contributed by atoms with E-state index in [-0.39, 0.29) is 0 Å².